The Morgan fingerprint density at radius 1 is 1.09 bits per heavy atom. The highest BCUT2D eigenvalue weighted by Gasteiger charge is 2.51. The number of alkyl halides is 1. The zero-order chi connectivity index (χ0) is 24.3. The largest absolute Gasteiger partial charge is 0.493 e. The third-order valence-electron chi connectivity index (χ3n) is 7.21. The van der Waals surface area contributed by atoms with Gasteiger partial charge >= 0.3 is 6.03 Å². The van der Waals surface area contributed by atoms with Crippen molar-refractivity contribution in [1.82, 2.24) is 10.2 Å². The third-order valence-corrected chi connectivity index (χ3v) is 7.21. The van der Waals surface area contributed by atoms with Gasteiger partial charge in [0.1, 0.15) is 6.67 Å². The lowest BCUT2D eigenvalue weighted by Gasteiger charge is -2.45. The minimum absolute atomic E-state index is 0.0451. The Balaban J connectivity index is 1.51. The molecule has 2 N–H and O–H groups in total. The van der Waals surface area contributed by atoms with Crippen molar-refractivity contribution in [2.75, 3.05) is 39.3 Å². The number of amides is 2. The zero-order valence-corrected chi connectivity index (χ0v) is 19.4. The van der Waals surface area contributed by atoms with Crippen molar-refractivity contribution >= 4 is 11.7 Å². The van der Waals surface area contributed by atoms with Crippen LogP contribution in [0.3, 0.4) is 0 Å². The molecule has 0 bridgehead atoms. The Kier molecular flexibility index (Phi) is 7.21. The SMILES string of the molecule is COc1ccc([C@@]23CC[C@@H](NC(=O)Nc4ccc(F)c(F)c4)C[C@@H]2N(CCF)CC3)cc1OC. The summed E-state index contributed by atoms with van der Waals surface area (Å²) in [4.78, 5) is 14.7. The number of rotatable bonds is 7. The van der Waals surface area contributed by atoms with E-state index in [0.717, 1.165) is 43.5 Å². The summed E-state index contributed by atoms with van der Waals surface area (Å²) in [5.41, 5.74) is 1.12. The van der Waals surface area contributed by atoms with Gasteiger partial charge in [-0.3, -0.25) is 4.90 Å². The number of nitrogens with one attached hydrogen (secondary N) is 2. The minimum Gasteiger partial charge on any atom is -0.493 e. The van der Waals surface area contributed by atoms with Crippen molar-refractivity contribution in [3.05, 3.63) is 53.6 Å². The van der Waals surface area contributed by atoms with Crippen LogP contribution in [0.5, 0.6) is 11.5 Å². The summed E-state index contributed by atoms with van der Waals surface area (Å²) in [5, 5.41) is 5.52. The molecule has 1 heterocycles. The van der Waals surface area contributed by atoms with E-state index in [1.165, 1.54) is 6.07 Å². The Morgan fingerprint density at radius 3 is 2.59 bits per heavy atom. The van der Waals surface area contributed by atoms with Gasteiger partial charge in [-0.15, -0.1) is 0 Å². The van der Waals surface area contributed by atoms with Crippen LogP contribution < -0.4 is 20.1 Å². The zero-order valence-electron chi connectivity index (χ0n) is 19.4. The standard InChI is InChI=1S/C25H30F3N3O3/c1-33-21-6-3-16(13-22(21)34-2)25-8-7-18(15-23(25)31(11-9-25)12-10-26)30-24(32)29-17-4-5-19(27)20(28)14-17/h3-6,13-14,18,23H,7-12,15H2,1-2H3,(H2,29,30,32)/t18-,23+,25+/m1/s1. The average molecular weight is 478 g/mol. The number of carbonyl (C=O) groups excluding carboxylic acids is 1. The van der Waals surface area contributed by atoms with Gasteiger partial charge in [-0.1, -0.05) is 6.07 Å². The summed E-state index contributed by atoms with van der Waals surface area (Å²) in [6.45, 7) is 0.678. The maximum Gasteiger partial charge on any atom is 0.319 e. The fourth-order valence-electron chi connectivity index (χ4n) is 5.56. The first-order valence-electron chi connectivity index (χ1n) is 11.5. The number of hydrogen-bond donors (Lipinski definition) is 2. The monoisotopic (exact) mass is 477 g/mol. The Morgan fingerprint density at radius 2 is 1.88 bits per heavy atom. The van der Waals surface area contributed by atoms with E-state index in [1.807, 2.05) is 12.1 Å². The number of benzene rings is 2. The molecule has 6 nitrogen and oxygen atoms in total. The molecule has 2 aromatic carbocycles. The molecule has 1 aliphatic carbocycles. The number of methoxy groups -OCH3 is 2. The molecule has 9 heteroatoms. The molecule has 0 unspecified atom stereocenters. The van der Waals surface area contributed by atoms with E-state index in [0.29, 0.717) is 24.5 Å². The van der Waals surface area contributed by atoms with E-state index in [1.54, 1.807) is 14.2 Å². The molecule has 2 amide bonds. The van der Waals surface area contributed by atoms with Crippen LogP contribution in [0.4, 0.5) is 23.7 Å². The van der Waals surface area contributed by atoms with Gasteiger partial charge in [0.15, 0.2) is 23.1 Å². The van der Waals surface area contributed by atoms with Gasteiger partial charge in [0.05, 0.1) is 14.2 Å². The molecule has 2 aliphatic rings. The van der Waals surface area contributed by atoms with Crippen molar-refractivity contribution in [2.45, 2.75) is 43.2 Å². The smallest absolute Gasteiger partial charge is 0.319 e. The van der Waals surface area contributed by atoms with Gasteiger partial charge in [-0.2, -0.15) is 0 Å². The van der Waals surface area contributed by atoms with Crippen molar-refractivity contribution in [2.24, 2.45) is 0 Å². The predicted octanol–water partition coefficient (Wildman–Crippen LogP) is 4.64. The van der Waals surface area contributed by atoms with E-state index in [9.17, 15) is 18.0 Å². The summed E-state index contributed by atoms with van der Waals surface area (Å²) < 4.78 is 50.9. The van der Waals surface area contributed by atoms with Crippen LogP contribution >= 0.6 is 0 Å². The number of likely N-dealkylation sites (tertiary alicyclic amines) is 1. The number of fused-ring (bicyclic) bond motifs is 1. The number of urea groups is 1. The summed E-state index contributed by atoms with van der Waals surface area (Å²) in [6, 6.07) is 8.61. The quantitative estimate of drug-likeness (QED) is 0.610. The average Bonchev–Trinajstić information content (AvgIpc) is 3.20. The van der Waals surface area contributed by atoms with E-state index in [-0.39, 0.29) is 23.2 Å². The van der Waals surface area contributed by atoms with Crippen LogP contribution in [0.1, 0.15) is 31.2 Å². The lowest BCUT2D eigenvalue weighted by Crippen LogP contribution is -2.53. The summed E-state index contributed by atoms with van der Waals surface area (Å²) in [6.07, 6.45) is 3.09. The molecule has 1 saturated carbocycles. The van der Waals surface area contributed by atoms with Gasteiger partial charge in [-0.25, -0.2) is 18.0 Å². The van der Waals surface area contributed by atoms with Gasteiger partial charge in [0.2, 0.25) is 0 Å². The summed E-state index contributed by atoms with van der Waals surface area (Å²) in [7, 11) is 3.20. The molecule has 184 valence electrons. The second kappa shape index (κ2) is 10.1. The van der Waals surface area contributed by atoms with E-state index in [4.69, 9.17) is 9.47 Å². The highest BCUT2D eigenvalue weighted by molar-refractivity contribution is 5.89. The van der Waals surface area contributed by atoms with E-state index < -0.39 is 24.3 Å². The van der Waals surface area contributed by atoms with Crippen LogP contribution in [0.2, 0.25) is 0 Å². The highest BCUT2D eigenvalue weighted by Crippen LogP contribution is 2.50. The topological polar surface area (TPSA) is 62.8 Å². The molecule has 0 radical (unpaired) electrons. The Labute approximate surface area is 197 Å². The van der Waals surface area contributed by atoms with Gasteiger partial charge in [0.25, 0.3) is 0 Å². The number of carbonyl (C=O) groups is 1. The summed E-state index contributed by atoms with van der Waals surface area (Å²) in [5.74, 6) is -0.688. The maximum atomic E-state index is 13.5. The molecule has 2 aromatic rings. The molecular weight excluding hydrogens is 447 g/mol. The highest BCUT2D eigenvalue weighted by atomic mass is 19.2. The van der Waals surface area contributed by atoms with E-state index >= 15 is 0 Å². The minimum atomic E-state index is -1.03. The molecule has 1 aliphatic heterocycles. The lowest BCUT2D eigenvalue weighted by molar-refractivity contribution is 0.130. The first-order valence-corrected chi connectivity index (χ1v) is 11.5. The second-order valence-corrected chi connectivity index (χ2v) is 8.92. The number of halogens is 3. The van der Waals surface area contributed by atoms with Gasteiger partial charge in [0, 0.05) is 35.8 Å². The van der Waals surface area contributed by atoms with Crippen LogP contribution in [0.25, 0.3) is 0 Å². The van der Waals surface area contributed by atoms with Gasteiger partial charge < -0.3 is 20.1 Å². The van der Waals surface area contributed by atoms with Crippen molar-refractivity contribution in [3.8, 4) is 11.5 Å². The van der Waals surface area contributed by atoms with Crippen LogP contribution in [-0.4, -0.2) is 57.0 Å². The molecule has 4 rings (SSSR count). The van der Waals surface area contributed by atoms with Crippen LogP contribution in [-0.2, 0) is 5.41 Å². The van der Waals surface area contributed by atoms with Crippen molar-refractivity contribution in [1.29, 1.82) is 0 Å². The van der Waals surface area contributed by atoms with E-state index in [2.05, 4.69) is 21.6 Å². The van der Waals surface area contributed by atoms with Crippen LogP contribution in [0.15, 0.2) is 36.4 Å². The first-order chi connectivity index (χ1) is 16.4. The maximum absolute atomic E-state index is 13.5. The molecule has 1 saturated heterocycles. The number of hydrogen-bond acceptors (Lipinski definition) is 4. The van der Waals surface area contributed by atoms with Gasteiger partial charge in [-0.05, 0) is 62.1 Å². The Hall–Kier alpha value is -2.94. The first kappa shape index (κ1) is 24.2. The normalized spacial score (nSPS) is 24.4. The third kappa shape index (κ3) is 4.66. The molecule has 2 fully saturated rings. The fraction of sp³-hybridized carbons (Fsp3) is 0.480. The molecule has 0 aromatic heterocycles. The summed E-state index contributed by atoms with van der Waals surface area (Å²) >= 11 is 0. The Bertz CT molecular complexity index is 1040. The number of ether oxygens (including phenoxy) is 2. The predicted molar refractivity (Wildman–Crippen MR) is 123 cm³/mol. The van der Waals surface area contributed by atoms with Crippen molar-refractivity contribution < 1.29 is 27.4 Å². The number of nitrogens with zero attached hydrogens (tertiary/aromatic N) is 1. The molecular formula is C25H30F3N3O3. The fourth-order valence-corrected chi connectivity index (χ4v) is 5.56. The molecule has 0 spiro atoms. The molecule has 34 heavy (non-hydrogen) atoms. The molecule has 3 atom stereocenters. The van der Waals surface area contributed by atoms with Crippen LogP contribution in [0, 0.1) is 11.6 Å². The van der Waals surface area contributed by atoms with Crippen molar-refractivity contribution in [3.63, 3.8) is 0 Å². The lowest BCUT2D eigenvalue weighted by atomic mass is 9.65. The number of anilines is 1. The second-order valence-electron chi connectivity index (χ2n) is 8.92.